The normalized spacial score (nSPS) is 16.7. The van der Waals surface area contributed by atoms with Crippen LogP contribution in [0.15, 0.2) is 71.6 Å². The van der Waals surface area contributed by atoms with Crippen molar-refractivity contribution in [3.63, 3.8) is 0 Å². The van der Waals surface area contributed by atoms with Gasteiger partial charge in [-0.15, -0.1) is 0 Å². The van der Waals surface area contributed by atoms with Crippen LogP contribution in [0.3, 0.4) is 0 Å². The van der Waals surface area contributed by atoms with Crippen LogP contribution >= 0.6 is 24.0 Å². The maximum atomic E-state index is 13.5. The van der Waals surface area contributed by atoms with Crippen LogP contribution in [0.2, 0.25) is 0 Å². The third-order valence-electron chi connectivity index (χ3n) is 7.59. The van der Waals surface area contributed by atoms with Crippen LogP contribution in [-0.4, -0.2) is 77.1 Å². The van der Waals surface area contributed by atoms with Gasteiger partial charge in [0.15, 0.2) is 0 Å². The van der Waals surface area contributed by atoms with Crippen molar-refractivity contribution in [3.8, 4) is 16.9 Å². The van der Waals surface area contributed by atoms with Gasteiger partial charge in [0.05, 0.1) is 23.7 Å². The molecule has 224 valence electrons. The maximum absolute atomic E-state index is 13.5. The fraction of sp³-hybridized carbons (Fsp3) is 0.324. The van der Waals surface area contributed by atoms with Gasteiger partial charge >= 0.3 is 5.97 Å². The molecule has 1 amide bonds. The molecular formula is C34H36N2O5S2. The van der Waals surface area contributed by atoms with Crippen LogP contribution in [0.5, 0.6) is 5.75 Å². The van der Waals surface area contributed by atoms with Gasteiger partial charge in [-0.3, -0.25) is 14.6 Å². The number of carbonyl (C=O) groups excluding carboxylic acids is 1. The summed E-state index contributed by atoms with van der Waals surface area (Å²) >= 11 is 6.89. The number of rotatable bonds is 12. The van der Waals surface area contributed by atoms with E-state index in [-0.39, 0.29) is 11.5 Å². The Hall–Kier alpha value is -3.50. The Morgan fingerprint density at radius 3 is 2.35 bits per heavy atom. The molecule has 9 heteroatoms. The molecule has 0 spiro atoms. The van der Waals surface area contributed by atoms with E-state index in [1.165, 1.54) is 17.3 Å². The molecule has 2 heterocycles. The first kappa shape index (κ1) is 30.9. The van der Waals surface area contributed by atoms with E-state index in [9.17, 15) is 9.59 Å². The molecule has 43 heavy (non-hydrogen) atoms. The van der Waals surface area contributed by atoms with E-state index in [0.29, 0.717) is 28.8 Å². The standard InChI is InChI=1S/C34H36N2O5S2/c1-2-3-24-4-8-26(9-5-24)28-12-13-30(41-21-18-35-16-19-40-20-17-35)29(22-28)23-31-32(37)36(34(42)43-31)15-14-25-6-10-27(11-7-25)33(38)39/h4-13,22-23H,2-3,14-21H2,1H3,(H,38,39)/b31-23-. The summed E-state index contributed by atoms with van der Waals surface area (Å²) in [6, 6.07) is 21.5. The number of carboxylic acid groups (broad SMARTS) is 1. The molecular weight excluding hydrogens is 581 g/mol. The minimum Gasteiger partial charge on any atom is -0.492 e. The van der Waals surface area contributed by atoms with Gasteiger partial charge in [-0.2, -0.15) is 0 Å². The third-order valence-corrected chi connectivity index (χ3v) is 8.97. The molecule has 2 saturated heterocycles. The van der Waals surface area contributed by atoms with E-state index < -0.39 is 5.97 Å². The van der Waals surface area contributed by atoms with Crippen molar-refractivity contribution in [2.45, 2.75) is 26.2 Å². The van der Waals surface area contributed by atoms with Gasteiger partial charge in [-0.25, -0.2) is 4.79 Å². The molecule has 0 unspecified atom stereocenters. The molecule has 2 aliphatic rings. The summed E-state index contributed by atoms with van der Waals surface area (Å²) in [7, 11) is 0. The quantitative estimate of drug-likeness (QED) is 0.192. The van der Waals surface area contributed by atoms with Crippen molar-refractivity contribution in [1.29, 1.82) is 0 Å². The minimum absolute atomic E-state index is 0.134. The highest BCUT2D eigenvalue weighted by molar-refractivity contribution is 8.26. The molecule has 0 bridgehead atoms. The Morgan fingerprint density at radius 1 is 0.977 bits per heavy atom. The van der Waals surface area contributed by atoms with E-state index >= 15 is 0 Å². The first-order chi connectivity index (χ1) is 20.9. The van der Waals surface area contributed by atoms with Crippen LogP contribution in [0.4, 0.5) is 0 Å². The fourth-order valence-corrected chi connectivity index (χ4v) is 6.42. The topological polar surface area (TPSA) is 79.3 Å². The van der Waals surface area contributed by atoms with E-state index in [0.717, 1.165) is 73.7 Å². The predicted molar refractivity (Wildman–Crippen MR) is 176 cm³/mol. The summed E-state index contributed by atoms with van der Waals surface area (Å²) in [5.74, 6) is -0.371. The Kier molecular flexibility index (Phi) is 10.6. The molecule has 2 aliphatic heterocycles. The van der Waals surface area contributed by atoms with Gasteiger partial charge in [0, 0.05) is 31.7 Å². The molecule has 0 aliphatic carbocycles. The van der Waals surface area contributed by atoms with E-state index in [4.69, 9.17) is 26.8 Å². The minimum atomic E-state index is -0.962. The van der Waals surface area contributed by atoms with Crippen molar-refractivity contribution < 1.29 is 24.2 Å². The number of aromatic carboxylic acids is 1. The summed E-state index contributed by atoms with van der Waals surface area (Å²) in [4.78, 5) is 29.1. The van der Waals surface area contributed by atoms with Gasteiger partial charge in [0.25, 0.3) is 5.91 Å². The lowest BCUT2D eigenvalue weighted by Gasteiger charge is -2.26. The lowest BCUT2D eigenvalue weighted by molar-refractivity contribution is -0.122. The first-order valence-electron chi connectivity index (χ1n) is 14.6. The highest BCUT2D eigenvalue weighted by atomic mass is 32.2. The molecule has 0 saturated carbocycles. The number of hydrogen-bond acceptors (Lipinski definition) is 7. The van der Waals surface area contributed by atoms with Gasteiger partial charge < -0.3 is 14.6 Å². The van der Waals surface area contributed by atoms with Crippen LogP contribution in [0, 0.1) is 0 Å². The highest BCUT2D eigenvalue weighted by Crippen LogP contribution is 2.36. The molecule has 5 rings (SSSR count). The summed E-state index contributed by atoms with van der Waals surface area (Å²) in [6.45, 7) is 7.22. The van der Waals surface area contributed by atoms with Gasteiger partial charge in [-0.05, 0) is 65.4 Å². The first-order valence-corrected chi connectivity index (χ1v) is 15.9. The summed E-state index contributed by atoms with van der Waals surface area (Å²) < 4.78 is 12.2. The Labute approximate surface area is 262 Å². The lowest BCUT2D eigenvalue weighted by Crippen LogP contribution is -2.38. The van der Waals surface area contributed by atoms with Crippen molar-refractivity contribution in [2.75, 3.05) is 46.0 Å². The summed E-state index contributed by atoms with van der Waals surface area (Å²) in [6.07, 6.45) is 4.62. The molecule has 3 aromatic rings. The summed E-state index contributed by atoms with van der Waals surface area (Å²) in [5.41, 5.74) is 5.49. The number of hydrogen-bond donors (Lipinski definition) is 1. The average Bonchev–Trinajstić information content (AvgIpc) is 3.29. The van der Waals surface area contributed by atoms with Gasteiger partial charge in [-0.1, -0.05) is 79.8 Å². The molecule has 0 atom stereocenters. The molecule has 7 nitrogen and oxygen atoms in total. The number of thioether (sulfide) groups is 1. The SMILES string of the molecule is CCCc1ccc(-c2ccc(OCCN3CCOCC3)c(/C=C3\SC(=S)N(CCc4ccc(C(=O)O)cc4)C3=O)c2)cc1. The largest absolute Gasteiger partial charge is 0.492 e. The molecule has 3 aromatic carbocycles. The number of carboxylic acids is 1. The number of morpholine rings is 1. The number of ether oxygens (including phenoxy) is 2. The highest BCUT2D eigenvalue weighted by Gasteiger charge is 2.32. The second-order valence-electron chi connectivity index (χ2n) is 10.6. The number of aryl methyl sites for hydroxylation is 1. The van der Waals surface area contributed by atoms with Crippen LogP contribution < -0.4 is 4.74 Å². The average molecular weight is 617 g/mol. The van der Waals surface area contributed by atoms with Crippen LogP contribution in [0.25, 0.3) is 17.2 Å². The molecule has 0 radical (unpaired) electrons. The second-order valence-corrected chi connectivity index (χ2v) is 12.3. The van der Waals surface area contributed by atoms with Crippen LogP contribution in [0.1, 0.15) is 40.4 Å². The Morgan fingerprint density at radius 2 is 1.65 bits per heavy atom. The fourth-order valence-electron chi connectivity index (χ4n) is 5.12. The maximum Gasteiger partial charge on any atom is 0.335 e. The van der Waals surface area contributed by atoms with Crippen molar-refractivity contribution in [2.24, 2.45) is 0 Å². The second kappa shape index (κ2) is 14.8. The van der Waals surface area contributed by atoms with Gasteiger partial charge in [0.1, 0.15) is 16.7 Å². The number of benzene rings is 3. The monoisotopic (exact) mass is 616 g/mol. The Bertz CT molecular complexity index is 1480. The summed E-state index contributed by atoms with van der Waals surface area (Å²) in [5, 5.41) is 9.14. The van der Waals surface area contributed by atoms with Crippen molar-refractivity contribution in [3.05, 3.63) is 93.9 Å². The predicted octanol–water partition coefficient (Wildman–Crippen LogP) is 6.16. The molecule has 2 fully saturated rings. The van der Waals surface area contributed by atoms with E-state index in [1.807, 2.05) is 12.1 Å². The van der Waals surface area contributed by atoms with Crippen molar-refractivity contribution in [1.82, 2.24) is 9.80 Å². The number of nitrogens with zero attached hydrogens (tertiary/aromatic N) is 2. The zero-order chi connectivity index (χ0) is 30.2. The molecule has 1 N–H and O–H groups in total. The zero-order valence-electron chi connectivity index (χ0n) is 24.3. The smallest absolute Gasteiger partial charge is 0.335 e. The zero-order valence-corrected chi connectivity index (χ0v) is 25.9. The lowest BCUT2D eigenvalue weighted by atomic mass is 10.00. The van der Waals surface area contributed by atoms with Gasteiger partial charge in [0.2, 0.25) is 0 Å². The molecule has 0 aromatic heterocycles. The van der Waals surface area contributed by atoms with Crippen molar-refractivity contribution >= 4 is 46.3 Å². The Balaban J connectivity index is 1.34. The number of thiocarbonyl (C=S) groups is 1. The van der Waals surface area contributed by atoms with Crippen LogP contribution in [-0.2, 0) is 22.4 Å². The number of amides is 1. The van der Waals surface area contributed by atoms with E-state index in [2.05, 4.69) is 48.2 Å². The third kappa shape index (κ3) is 8.12. The number of carbonyl (C=O) groups is 2. The van der Waals surface area contributed by atoms with E-state index in [1.54, 1.807) is 29.2 Å².